The molecule has 0 aromatic heterocycles. The smallest absolute Gasteiger partial charge is 0.123 e. The van der Waals surface area contributed by atoms with E-state index in [1.54, 1.807) is 12.1 Å². The molecule has 0 aliphatic rings. The van der Waals surface area contributed by atoms with E-state index in [0.717, 1.165) is 16.1 Å². The second-order valence-corrected chi connectivity index (χ2v) is 4.72. The van der Waals surface area contributed by atoms with Gasteiger partial charge in [-0.1, -0.05) is 35.9 Å². The van der Waals surface area contributed by atoms with Crippen LogP contribution in [0, 0.1) is 5.82 Å². The van der Waals surface area contributed by atoms with Crippen molar-refractivity contribution in [2.75, 3.05) is 0 Å². The van der Waals surface area contributed by atoms with Gasteiger partial charge in [0.25, 0.3) is 0 Å². The van der Waals surface area contributed by atoms with Crippen LogP contribution in [-0.2, 0) is 6.54 Å². The topological polar surface area (TPSA) is 12.0 Å². The van der Waals surface area contributed by atoms with Crippen molar-refractivity contribution in [2.45, 2.75) is 19.5 Å². The number of hydrogen-bond donors (Lipinski definition) is 1. The Morgan fingerprint density at radius 1 is 1.17 bits per heavy atom. The van der Waals surface area contributed by atoms with Crippen LogP contribution in [0.3, 0.4) is 0 Å². The van der Waals surface area contributed by atoms with Gasteiger partial charge in [-0.2, -0.15) is 0 Å². The summed E-state index contributed by atoms with van der Waals surface area (Å²) < 4.78 is 13.1. The first-order chi connectivity index (χ1) is 8.65. The van der Waals surface area contributed by atoms with Gasteiger partial charge >= 0.3 is 0 Å². The lowest BCUT2D eigenvalue weighted by atomic mass is 10.1. The van der Waals surface area contributed by atoms with Gasteiger partial charge in [-0.3, -0.25) is 0 Å². The quantitative estimate of drug-likeness (QED) is 0.866. The number of halogens is 2. The van der Waals surface area contributed by atoms with Gasteiger partial charge < -0.3 is 5.32 Å². The predicted molar refractivity (Wildman–Crippen MR) is 73.1 cm³/mol. The highest BCUT2D eigenvalue weighted by Crippen LogP contribution is 2.15. The van der Waals surface area contributed by atoms with Crippen LogP contribution < -0.4 is 5.32 Å². The molecule has 3 heteroatoms. The molecule has 0 saturated carbocycles. The molecular weight excluding hydrogens is 249 g/mol. The third-order valence-electron chi connectivity index (χ3n) is 2.85. The van der Waals surface area contributed by atoms with Crippen LogP contribution in [0.1, 0.15) is 24.1 Å². The Hall–Kier alpha value is -1.38. The molecule has 0 amide bonds. The first-order valence-electron chi connectivity index (χ1n) is 5.88. The third-order valence-corrected chi connectivity index (χ3v) is 3.09. The summed E-state index contributed by atoms with van der Waals surface area (Å²) in [6.45, 7) is 2.72. The van der Waals surface area contributed by atoms with Crippen molar-refractivity contribution in [3.8, 4) is 0 Å². The molecule has 0 aliphatic heterocycles. The molecule has 2 aromatic rings. The lowest BCUT2D eigenvalue weighted by Gasteiger charge is -2.14. The minimum absolute atomic E-state index is 0.0969. The lowest BCUT2D eigenvalue weighted by molar-refractivity contribution is 0.565. The fourth-order valence-electron chi connectivity index (χ4n) is 1.81. The fourth-order valence-corrected chi connectivity index (χ4v) is 2.02. The third kappa shape index (κ3) is 3.56. The maximum absolute atomic E-state index is 13.1. The largest absolute Gasteiger partial charge is 0.306 e. The Kier molecular flexibility index (Phi) is 4.34. The zero-order chi connectivity index (χ0) is 13.0. The minimum Gasteiger partial charge on any atom is -0.306 e. The molecular formula is C15H15ClFN. The molecule has 0 heterocycles. The minimum atomic E-state index is -0.205. The van der Waals surface area contributed by atoms with Crippen molar-refractivity contribution >= 4 is 11.6 Å². The fraction of sp³-hybridized carbons (Fsp3) is 0.200. The number of rotatable bonds is 4. The normalized spacial score (nSPS) is 12.4. The molecule has 0 radical (unpaired) electrons. The lowest BCUT2D eigenvalue weighted by Crippen LogP contribution is -2.18. The summed E-state index contributed by atoms with van der Waals surface area (Å²) >= 11 is 5.92. The first-order valence-corrected chi connectivity index (χ1v) is 6.26. The molecule has 0 spiro atoms. The van der Waals surface area contributed by atoms with E-state index in [-0.39, 0.29) is 11.9 Å². The van der Waals surface area contributed by atoms with Crippen LogP contribution in [0.2, 0.25) is 5.02 Å². The average molecular weight is 264 g/mol. The Bertz CT molecular complexity index is 527. The summed E-state index contributed by atoms with van der Waals surface area (Å²) in [4.78, 5) is 0. The summed E-state index contributed by atoms with van der Waals surface area (Å²) in [5, 5.41) is 4.07. The summed E-state index contributed by atoms with van der Waals surface area (Å²) in [5.74, 6) is -0.205. The molecule has 0 aliphatic carbocycles. The standard InChI is InChI=1S/C15H15ClFN/c1-11(13-5-3-7-15(17)9-13)18-10-12-4-2-6-14(16)8-12/h2-9,11,18H,10H2,1H3/t11-/m1/s1. The Morgan fingerprint density at radius 2 is 1.94 bits per heavy atom. The van der Waals surface area contributed by atoms with E-state index in [9.17, 15) is 4.39 Å². The van der Waals surface area contributed by atoms with Crippen molar-refractivity contribution in [3.05, 3.63) is 70.5 Å². The molecule has 1 nitrogen and oxygen atoms in total. The molecule has 0 bridgehead atoms. The van der Waals surface area contributed by atoms with E-state index in [1.807, 2.05) is 37.3 Å². The second kappa shape index (κ2) is 5.98. The van der Waals surface area contributed by atoms with Crippen molar-refractivity contribution in [3.63, 3.8) is 0 Å². The molecule has 0 fully saturated rings. The van der Waals surface area contributed by atoms with Gasteiger partial charge in [-0.15, -0.1) is 0 Å². The summed E-state index contributed by atoms with van der Waals surface area (Å²) in [5.41, 5.74) is 2.06. The number of benzene rings is 2. The predicted octanol–water partition coefficient (Wildman–Crippen LogP) is 4.33. The zero-order valence-corrected chi connectivity index (χ0v) is 10.9. The highest BCUT2D eigenvalue weighted by molar-refractivity contribution is 6.30. The van der Waals surface area contributed by atoms with Gasteiger partial charge in [0, 0.05) is 17.6 Å². The maximum atomic E-state index is 13.1. The molecule has 94 valence electrons. The monoisotopic (exact) mass is 263 g/mol. The Morgan fingerprint density at radius 3 is 2.67 bits per heavy atom. The SMILES string of the molecule is C[C@@H](NCc1cccc(Cl)c1)c1cccc(F)c1. The van der Waals surface area contributed by atoms with Crippen LogP contribution in [0.25, 0.3) is 0 Å². The first kappa shape index (κ1) is 13.1. The molecule has 1 N–H and O–H groups in total. The van der Waals surface area contributed by atoms with Crippen molar-refractivity contribution < 1.29 is 4.39 Å². The van der Waals surface area contributed by atoms with Crippen LogP contribution in [-0.4, -0.2) is 0 Å². The van der Waals surface area contributed by atoms with Crippen molar-refractivity contribution in [1.82, 2.24) is 5.32 Å². The van der Waals surface area contributed by atoms with E-state index in [4.69, 9.17) is 11.6 Å². The van der Waals surface area contributed by atoms with Gasteiger partial charge in [-0.25, -0.2) is 4.39 Å². The Labute approximate surface area is 112 Å². The second-order valence-electron chi connectivity index (χ2n) is 4.29. The molecule has 2 aromatic carbocycles. The summed E-state index contributed by atoms with van der Waals surface area (Å²) in [6, 6.07) is 14.4. The van der Waals surface area contributed by atoms with Gasteiger partial charge in [0.15, 0.2) is 0 Å². The highest BCUT2D eigenvalue weighted by atomic mass is 35.5. The molecule has 2 rings (SSSR count). The van der Waals surface area contributed by atoms with Gasteiger partial charge in [0.1, 0.15) is 5.82 Å². The molecule has 1 atom stereocenters. The van der Waals surface area contributed by atoms with E-state index < -0.39 is 0 Å². The van der Waals surface area contributed by atoms with E-state index in [2.05, 4.69) is 5.32 Å². The number of nitrogens with one attached hydrogen (secondary N) is 1. The molecule has 18 heavy (non-hydrogen) atoms. The van der Waals surface area contributed by atoms with Gasteiger partial charge in [-0.05, 0) is 42.3 Å². The Balaban J connectivity index is 1.98. The zero-order valence-electron chi connectivity index (χ0n) is 10.2. The number of hydrogen-bond acceptors (Lipinski definition) is 1. The van der Waals surface area contributed by atoms with E-state index in [0.29, 0.717) is 6.54 Å². The summed E-state index contributed by atoms with van der Waals surface area (Å²) in [7, 11) is 0. The van der Waals surface area contributed by atoms with Crippen molar-refractivity contribution in [2.24, 2.45) is 0 Å². The molecule has 0 saturated heterocycles. The van der Waals surface area contributed by atoms with Gasteiger partial charge in [0.2, 0.25) is 0 Å². The van der Waals surface area contributed by atoms with Crippen LogP contribution >= 0.6 is 11.6 Å². The summed E-state index contributed by atoms with van der Waals surface area (Å²) in [6.07, 6.45) is 0. The van der Waals surface area contributed by atoms with Crippen LogP contribution in [0.4, 0.5) is 4.39 Å². The van der Waals surface area contributed by atoms with E-state index in [1.165, 1.54) is 6.07 Å². The van der Waals surface area contributed by atoms with Crippen LogP contribution in [0.5, 0.6) is 0 Å². The van der Waals surface area contributed by atoms with Crippen molar-refractivity contribution in [1.29, 1.82) is 0 Å². The molecule has 0 unspecified atom stereocenters. The average Bonchev–Trinajstić information content (AvgIpc) is 2.36. The highest BCUT2D eigenvalue weighted by Gasteiger charge is 2.05. The maximum Gasteiger partial charge on any atom is 0.123 e. The van der Waals surface area contributed by atoms with E-state index >= 15 is 0 Å². The van der Waals surface area contributed by atoms with Gasteiger partial charge in [0.05, 0.1) is 0 Å². The van der Waals surface area contributed by atoms with Crippen LogP contribution in [0.15, 0.2) is 48.5 Å².